The Labute approximate surface area is 117 Å². The molecule has 0 aromatic carbocycles. The number of carboxylic acids is 1. The van der Waals surface area contributed by atoms with Gasteiger partial charge in [0.1, 0.15) is 10.6 Å². The second-order valence-electron chi connectivity index (χ2n) is 3.90. The summed E-state index contributed by atoms with van der Waals surface area (Å²) in [5, 5.41) is 8.98. The third-order valence-electron chi connectivity index (χ3n) is 2.56. The first-order chi connectivity index (χ1) is 8.92. The molecule has 1 rings (SSSR count). The monoisotopic (exact) mass is 306 g/mol. The minimum atomic E-state index is -3.63. The number of thioether (sulfide) groups is 1. The number of sulfonamides is 1. The van der Waals surface area contributed by atoms with E-state index in [0.29, 0.717) is 13.1 Å². The van der Waals surface area contributed by atoms with Crippen LogP contribution in [0, 0.1) is 0 Å². The Hall–Kier alpha value is -0.990. The smallest absolute Gasteiger partial charge is 0.352 e. The summed E-state index contributed by atoms with van der Waals surface area (Å²) in [5.41, 5.74) is -0.0213. The molecule has 2 N–H and O–H groups in total. The first kappa shape index (κ1) is 16.1. The van der Waals surface area contributed by atoms with E-state index in [0.717, 1.165) is 12.2 Å². The van der Waals surface area contributed by atoms with E-state index >= 15 is 0 Å². The van der Waals surface area contributed by atoms with Gasteiger partial charge in [-0.25, -0.2) is 17.9 Å². The van der Waals surface area contributed by atoms with Crippen molar-refractivity contribution in [3.63, 3.8) is 0 Å². The fourth-order valence-corrected chi connectivity index (χ4v) is 3.12. The van der Waals surface area contributed by atoms with E-state index in [2.05, 4.69) is 4.72 Å². The Bertz CT molecular complexity index is 537. The van der Waals surface area contributed by atoms with Crippen LogP contribution in [0.3, 0.4) is 0 Å². The molecule has 0 aliphatic carbocycles. The number of carbonyl (C=O) groups is 1. The molecular weight excluding hydrogens is 288 g/mol. The van der Waals surface area contributed by atoms with Crippen LogP contribution < -0.4 is 4.72 Å². The van der Waals surface area contributed by atoms with Crippen molar-refractivity contribution in [1.82, 2.24) is 9.29 Å². The molecule has 6 nitrogen and oxygen atoms in total. The highest BCUT2D eigenvalue weighted by molar-refractivity contribution is 7.98. The van der Waals surface area contributed by atoms with Crippen molar-refractivity contribution >= 4 is 27.8 Å². The summed E-state index contributed by atoms with van der Waals surface area (Å²) in [7, 11) is -3.63. The van der Waals surface area contributed by atoms with E-state index < -0.39 is 16.0 Å². The molecular formula is C11H18N2O4S2. The van der Waals surface area contributed by atoms with Gasteiger partial charge in [0.05, 0.1) is 0 Å². The standard InChI is InChI=1S/C11H18N2O4S2/c1-3-13-8-9(7-10(13)11(14)15)19(16,17)12-5-4-6-18-2/h7-8,12H,3-6H2,1-2H3,(H,14,15). The highest BCUT2D eigenvalue weighted by Crippen LogP contribution is 2.14. The average molecular weight is 306 g/mol. The number of hydrogen-bond donors (Lipinski definition) is 2. The summed E-state index contributed by atoms with van der Waals surface area (Å²) in [6.07, 6.45) is 4.04. The summed E-state index contributed by atoms with van der Waals surface area (Å²) in [6, 6.07) is 1.18. The fourth-order valence-electron chi connectivity index (χ4n) is 1.58. The van der Waals surface area contributed by atoms with Crippen LogP contribution in [-0.4, -0.2) is 42.6 Å². The molecule has 1 aromatic rings. The molecule has 0 aliphatic rings. The van der Waals surface area contributed by atoms with Gasteiger partial charge < -0.3 is 9.67 Å². The van der Waals surface area contributed by atoms with Crippen LogP contribution >= 0.6 is 11.8 Å². The van der Waals surface area contributed by atoms with Gasteiger partial charge in [0.15, 0.2) is 0 Å². The van der Waals surface area contributed by atoms with E-state index in [4.69, 9.17) is 5.11 Å². The van der Waals surface area contributed by atoms with Gasteiger partial charge in [-0.15, -0.1) is 0 Å². The lowest BCUT2D eigenvalue weighted by molar-refractivity contribution is 0.0685. The minimum Gasteiger partial charge on any atom is -0.477 e. The molecule has 0 radical (unpaired) electrons. The molecule has 1 heterocycles. The van der Waals surface area contributed by atoms with Crippen molar-refractivity contribution in [1.29, 1.82) is 0 Å². The largest absolute Gasteiger partial charge is 0.477 e. The lowest BCUT2D eigenvalue weighted by atomic mass is 10.4. The highest BCUT2D eigenvalue weighted by atomic mass is 32.2. The molecule has 108 valence electrons. The molecule has 0 aliphatic heterocycles. The van der Waals surface area contributed by atoms with Crippen molar-refractivity contribution in [2.45, 2.75) is 24.8 Å². The van der Waals surface area contributed by atoms with E-state index in [1.165, 1.54) is 16.8 Å². The average Bonchev–Trinajstić information content (AvgIpc) is 2.79. The Kier molecular flexibility index (Phi) is 5.89. The number of nitrogens with zero attached hydrogens (tertiary/aromatic N) is 1. The molecule has 19 heavy (non-hydrogen) atoms. The van der Waals surface area contributed by atoms with Gasteiger partial charge in [0, 0.05) is 19.3 Å². The van der Waals surface area contributed by atoms with Gasteiger partial charge in [-0.05, 0) is 31.4 Å². The van der Waals surface area contributed by atoms with Crippen molar-refractivity contribution in [3.05, 3.63) is 18.0 Å². The summed E-state index contributed by atoms with van der Waals surface area (Å²) < 4.78 is 27.8. The Morgan fingerprint density at radius 1 is 1.53 bits per heavy atom. The quantitative estimate of drug-likeness (QED) is 0.705. The van der Waals surface area contributed by atoms with Crippen LogP contribution in [-0.2, 0) is 16.6 Å². The number of aromatic carboxylic acids is 1. The van der Waals surface area contributed by atoms with Crippen molar-refractivity contribution in [3.8, 4) is 0 Å². The second kappa shape index (κ2) is 6.97. The van der Waals surface area contributed by atoms with Crippen molar-refractivity contribution in [2.24, 2.45) is 0 Å². The van der Waals surface area contributed by atoms with E-state index in [9.17, 15) is 13.2 Å². The zero-order chi connectivity index (χ0) is 14.5. The molecule has 0 saturated heterocycles. The van der Waals surface area contributed by atoms with Gasteiger partial charge in [-0.2, -0.15) is 11.8 Å². The molecule has 0 saturated carbocycles. The Morgan fingerprint density at radius 2 is 2.21 bits per heavy atom. The van der Waals surface area contributed by atoms with Crippen LogP contribution in [0.25, 0.3) is 0 Å². The van der Waals surface area contributed by atoms with Crippen molar-refractivity contribution in [2.75, 3.05) is 18.6 Å². The Balaban J connectivity index is 2.86. The molecule has 1 aromatic heterocycles. The van der Waals surface area contributed by atoms with Crippen LogP contribution in [0.2, 0.25) is 0 Å². The fraction of sp³-hybridized carbons (Fsp3) is 0.545. The number of carboxylic acid groups (broad SMARTS) is 1. The predicted octanol–water partition coefficient (Wildman–Crippen LogP) is 1.24. The zero-order valence-electron chi connectivity index (χ0n) is 10.9. The topological polar surface area (TPSA) is 88.4 Å². The number of rotatable bonds is 8. The highest BCUT2D eigenvalue weighted by Gasteiger charge is 2.20. The van der Waals surface area contributed by atoms with Gasteiger partial charge in [-0.1, -0.05) is 0 Å². The predicted molar refractivity (Wildman–Crippen MR) is 75.3 cm³/mol. The van der Waals surface area contributed by atoms with E-state index in [1.54, 1.807) is 18.7 Å². The number of nitrogens with one attached hydrogen (secondary N) is 1. The van der Waals surface area contributed by atoms with Crippen LogP contribution in [0.5, 0.6) is 0 Å². The second-order valence-corrected chi connectivity index (χ2v) is 6.65. The molecule has 8 heteroatoms. The molecule has 0 amide bonds. The van der Waals surface area contributed by atoms with Gasteiger partial charge in [0.2, 0.25) is 10.0 Å². The Morgan fingerprint density at radius 3 is 2.68 bits per heavy atom. The zero-order valence-corrected chi connectivity index (χ0v) is 12.6. The molecule has 0 spiro atoms. The summed E-state index contributed by atoms with van der Waals surface area (Å²) in [5.74, 6) is -0.260. The van der Waals surface area contributed by atoms with Gasteiger partial charge in [-0.3, -0.25) is 0 Å². The SMILES string of the molecule is CCn1cc(S(=O)(=O)NCCCSC)cc1C(=O)O. The van der Waals surface area contributed by atoms with Gasteiger partial charge in [0.25, 0.3) is 0 Å². The minimum absolute atomic E-state index is 0.00379. The number of hydrogen-bond acceptors (Lipinski definition) is 4. The lowest BCUT2D eigenvalue weighted by Gasteiger charge is -2.03. The molecule has 0 unspecified atom stereocenters. The van der Waals surface area contributed by atoms with Crippen LogP contribution in [0.15, 0.2) is 17.2 Å². The molecule has 0 bridgehead atoms. The maximum atomic E-state index is 12.0. The van der Waals surface area contributed by atoms with Gasteiger partial charge >= 0.3 is 5.97 Å². The number of aryl methyl sites for hydroxylation is 1. The summed E-state index contributed by atoms with van der Waals surface area (Å²) in [4.78, 5) is 11.0. The van der Waals surface area contributed by atoms with E-state index in [1.807, 2.05) is 6.26 Å². The summed E-state index contributed by atoms with van der Waals surface area (Å²) in [6.45, 7) is 2.52. The maximum absolute atomic E-state index is 12.0. The first-order valence-corrected chi connectivity index (χ1v) is 8.72. The van der Waals surface area contributed by atoms with Crippen LogP contribution in [0.1, 0.15) is 23.8 Å². The summed E-state index contributed by atoms with van der Waals surface area (Å²) >= 11 is 1.65. The number of aromatic nitrogens is 1. The van der Waals surface area contributed by atoms with Crippen LogP contribution in [0.4, 0.5) is 0 Å². The van der Waals surface area contributed by atoms with Crippen molar-refractivity contribution < 1.29 is 18.3 Å². The maximum Gasteiger partial charge on any atom is 0.352 e. The lowest BCUT2D eigenvalue weighted by Crippen LogP contribution is -2.24. The third kappa shape index (κ3) is 4.26. The normalized spacial score (nSPS) is 11.7. The first-order valence-electron chi connectivity index (χ1n) is 5.84. The molecule has 0 atom stereocenters. The third-order valence-corrected chi connectivity index (χ3v) is 4.68. The molecule has 0 fully saturated rings. The van der Waals surface area contributed by atoms with E-state index in [-0.39, 0.29) is 10.6 Å².